The monoisotopic (exact) mass is 297 g/mol. The van der Waals surface area contributed by atoms with Crippen LogP contribution in [0.4, 0.5) is 5.82 Å². The Hall–Kier alpha value is -2.36. The van der Waals surface area contributed by atoms with Gasteiger partial charge in [-0.1, -0.05) is 33.8 Å². The molecule has 0 saturated carbocycles. The first-order valence-electron chi connectivity index (χ1n) is 7.56. The van der Waals surface area contributed by atoms with Gasteiger partial charge in [-0.3, -0.25) is 5.43 Å². The Bertz CT molecular complexity index is 620. The molecule has 116 valence electrons. The van der Waals surface area contributed by atoms with E-state index in [0.717, 1.165) is 16.7 Å². The summed E-state index contributed by atoms with van der Waals surface area (Å²) in [6.45, 7) is 8.30. The molecule has 0 fully saturated rings. The molecule has 0 aliphatic heterocycles. The van der Waals surface area contributed by atoms with Crippen molar-refractivity contribution in [3.63, 3.8) is 0 Å². The lowest BCUT2D eigenvalue weighted by atomic mass is 9.92. The zero-order valence-corrected chi connectivity index (χ0v) is 13.5. The molecule has 1 aromatic heterocycles. The van der Waals surface area contributed by atoms with Gasteiger partial charge in [0.2, 0.25) is 0 Å². The molecule has 0 radical (unpaired) electrons. The molecule has 0 atom stereocenters. The van der Waals surface area contributed by atoms with E-state index in [1.807, 2.05) is 30.3 Å². The van der Waals surface area contributed by atoms with Gasteiger partial charge in [-0.05, 0) is 52.8 Å². The van der Waals surface area contributed by atoms with Gasteiger partial charge in [-0.2, -0.15) is 5.10 Å². The second-order valence-electron chi connectivity index (χ2n) is 5.94. The lowest BCUT2D eigenvalue weighted by Crippen LogP contribution is -1.99. The van der Waals surface area contributed by atoms with E-state index in [2.05, 4.69) is 43.2 Å². The summed E-state index contributed by atoms with van der Waals surface area (Å²) in [6.07, 6.45) is 3.47. The first kappa shape index (κ1) is 16.0. The predicted octanol–water partition coefficient (Wildman–Crippen LogP) is 4.48. The zero-order chi connectivity index (χ0) is 16.1. The van der Waals surface area contributed by atoms with Gasteiger partial charge in [0.05, 0.1) is 6.21 Å². The second kappa shape index (κ2) is 7.07. The Balaban J connectivity index is 2.27. The highest BCUT2D eigenvalue weighted by Crippen LogP contribution is 2.34. The molecular weight excluding hydrogens is 274 g/mol. The predicted molar refractivity (Wildman–Crippen MR) is 91.7 cm³/mol. The molecule has 1 heterocycles. The lowest BCUT2D eigenvalue weighted by Gasteiger charge is -2.16. The van der Waals surface area contributed by atoms with Gasteiger partial charge in [-0.15, -0.1) is 0 Å². The molecule has 2 aromatic rings. The minimum absolute atomic E-state index is 0.259. The van der Waals surface area contributed by atoms with Crippen LogP contribution in [0.3, 0.4) is 0 Å². The van der Waals surface area contributed by atoms with Gasteiger partial charge in [0.25, 0.3) is 0 Å². The molecule has 4 nitrogen and oxygen atoms in total. The standard InChI is InChI=1S/C18H23N3O/c1-12(2)15-9-14(10-16(13(3)4)18(15)22)11-20-21-17-7-5-6-8-19-17/h5-13,22H,1-4H3,(H,19,21)/b20-11+. The van der Waals surface area contributed by atoms with Gasteiger partial charge in [0.1, 0.15) is 11.6 Å². The summed E-state index contributed by atoms with van der Waals surface area (Å²) in [4.78, 5) is 4.15. The summed E-state index contributed by atoms with van der Waals surface area (Å²) in [5.41, 5.74) is 5.77. The Morgan fingerprint density at radius 2 is 1.73 bits per heavy atom. The molecule has 2 N–H and O–H groups in total. The van der Waals surface area contributed by atoms with E-state index in [1.165, 1.54) is 0 Å². The van der Waals surface area contributed by atoms with Crippen molar-refractivity contribution in [2.45, 2.75) is 39.5 Å². The van der Waals surface area contributed by atoms with Crippen molar-refractivity contribution >= 4 is 12.0 Å². The Kier molecular flexibility index (Phi) is 5.15. The SMILES string of the molecule is CC(C)c1cc(/C=N/Nc2ccccn2)cc(C(C)C)c1O. The average molecular weight is 297 g/mol. The summed E-state index contributed by atoms with van der Waals surface area (Å²) in [5.74, 6) is 1.62. The van der Waals surface area contributed by atoms with Gasteiger partial charge in [0, 0.05) is 6.20 Å². The molecule has 22 heavy (non-hydrogen) atoms. The number of nitrogens with one attached hydrogen (secondary N) is 1. The number of benzene rings is 1. The summed E-state index contributed by atoms with van der Waals surface area (Å²) in [6, 6.07) is 9.58. The fourth-order valence-electron chi connectivity index (χ4n) is 2.26. The number of nitrogens with zero attached hydrogens (tertiary/aromatic N) is 2. The highest BCUT2D eigenvalue weighted by atomic mass is 16.3. The first-order valence-corrected chi connectivity index (χ1v) is 7.56. The zero-order valence-electron chi connectivity index (χ0n) is 13.5. The number of hydrogen-bond donors (Lipinski definition) is 2. The van der Waals surface area contributed by atoms with Gasteiger partial charge >= 0.3 is 0 Å². The Labute approximate surface area is 131 Å². The lowest BCUT2D eigenvalue weighted by molar-refractivity contribution is 0.454. The highest BCUT2D eigenvalue weighted by molar-refractivity contribution is 5.81. The normalized spacial score (nSPS) is 11.5. The Morgan fingerprint density at radius 3 is 2.23 bits per heavy atom. The molecule has 0 amide bonds. The summed E-state index contributed by atoms with van der Waals surface area (Å²) < 4.78 is 0. The number of rotatable bonds is 5. The third-order valence-corrected chi connectivity index (χ3v) is 3.49. The van der Waals surface area contributed by atoms with Crippen molar-refractivity contribution in [2.75, 3.05) is 5.43 Å². The first-order chi connectivity index (χ1) is 10.5. The minimum Gasteiger partial charge on any atom is -0.507 e. The average Bonchev–Trinajstić information content (AvgIpc) is 2.49. The van der Waals surface area contributed by atoms with Crippen LogP contribution in [-0.2, 0) is 0 Å². The molecule has 0 aliphatic carbocycles. The van der Waals surface area contributed by atoms with Gasteiger partial charge in [-0.25, -0.2) is 4.98 Å². The van der Waals surface area contributed by atoms with Crippen LogP contribution in [0.2, 0.25) is 0 Å². The van der Waals surface area contributed by atoms with E-state index in [1.54, 1.807) is 12.4 Å². The van der Waals surface area contributed by atoms with Crippen LogP contribution in [0.1, 0.15) is 56.2 Å². The fourth-order valence-corrected chi connectivity index (χ4v) is 2.26. The number of pyridine rings is 1. The van der Waals surface area contributed by atoms with Crippen LogP contribution in [0.15, 0.2) is 41.6 Å². The number of aromatic nitrogens is 1. The van der Waals surface area contributed by atoms with Crippen LogP contribution in [-0.4, -0.2) is 16.3 Å². The van der Waals surface area contributed by atoms with Crippen molar-refractivity contribution in [3.05, 3.63) is 53.2 Å². The molecule has 0 saturated heterocycles. The van der Waals surface area contributed by atoms with Crippen LogP contribution < -0.4 is 5.43 Å². The fraction of sp³-hybridized carbons (Fsp3) is 0.333. The van der Waals surface area contributed by atoms with Crippen LogP contribution in [0.5, 0.6) is 5.75 Å². The molecule has 0 spiro atoms. The number of phenols is 1. The van der Waals surface area contributed by atoms with Crippen molar-refractivity contribution in [2.24, 2.45) is 5.10 Å². The van der Waals surface area contributed by atoms with E-state index < -0.39 is 0 Å². The van der Waals surface area contributed by atoms with Crippen molar-refractivity contribution in [1.29, 1.82) is 0 Å². The minimum atomic E-state index is 0.259. The smallest absolute Gasteiger partial charge is 0.146 e. The quantitative estimate of drug-likeness (QED) is 0.632. The highest BCUT2D eigenvalue weighted by Gasteiger charge is 2.14. The summed E-state index contributed by atoms with van der Waals surface area (Å²) in [7, 11) is 0. The largest absolute Gasteiger partial charge is 0.507 e. The summed E-state index contributed by atoms with van der Waals surface area (Å²) >= 11 is 0. The maximum atomic E-state index is 10.4. The van der Waals surface area contributed by atoms with E-state index in [0.29, 0.717) is 11.6 Å². The van der Waals surface area contributed by atoms with E-state index in [4.69, 9.17) is 0 Å². The van der Waals surface area contributed by atoms with E-state index in [9.17, 15) is 5.11 Å². The number of anilines is 1. The molecule has 0 unspecified atom stereocenters. The second-order valence-corrected chi connectivity index (χ2v) is 5.94. The molecule has 2 rings (SSSR count). The van der Waals surface area contributed by atoms with Crippen molar-refractivity contribution < 1.29 is 5.11 Å². The molecular formula is C18H23N3O. The van der Waals surface area contributed by atoms with Crippen LogP contribution in [0, 0.1) is 0 Å². The van der Waals surface area contributed by atoms with Crippen molar-refractivity contribution in [1.82, 2.24) is 4.98 Å². The van der Waals surface area contributed by atoms with Crippen LogP contribution in [0.25, 0.3) is 0 Å². The molecule has 0 bridgehead atoms. The number of hydrogen-bond acceptors (Lipinski definition) is 4. The van der Waals surface area contributed by atoms with Crippen LogP contribution >= 0.6 is 0 Å². The summed E-state index contributed by atoms with van der Waals surface area (Å²) in [5, 5.41) is 14.6. The van der Waals surface area contributed by atoms with Gasteiger partial charge in [0.15, 0.2) is 0 Å². The van der Waals surface area contributed by atoms with E-state index in [-0.39, 0.29) is 11.8 Å². The number of hydrazone groups is 1. The third-order valence-electron chi connectivity index (χ3n) is 3.49. The molecule has 1 aromatic carbocycles. The number of aromatic hydroxyl groups is 1. The molecule has 4 heteroatoms. The maximum absolute atomic E-state index is 10.4. The maximum Gasteiger partial charge on any atom is 0.146 e. The molecule has 0 aliphatic rings. The van der Waals surface area contributed by atoms with Gasteiger partial charge < -0.3 is 5.11 Å². The third kappa shape index (κ3) is 3.85. The Morgan fingerprint density at radius 1 is 1.09 bits per heavy atom. The van der Waals surface area contributed by atoms with Crippen molar-refractivity contribution in [3.8, 4) is 5.75 Å². The number of phenolic OH excluding ortho intramolecular Hbond substituents is 1. The topological polar surface area (TPSA) is 57.5 Å². The van der Waals surface area contributed by atoms with E-state index >= 15 is 0 Å².